The molecule has 2 aromatic carbocycles. The maximum atomic E-state index is 12.2. The number of hydrogen-bond donors (Lipinski definition) is 0. The number of hydrogen-bond acceptors (Lipinski definition) is 3. The Balaban J connectivity index is 2.34. The first-order valence-corrected chi connectivity index (χ1v) is 6.69. The van der Waals surface area contributed by atoms with Crippen molar-refractivity contribution in [1.29, 1.82) is 0 Å². The first-order valence-electron chi connectivity index (χ1n) is 5.61. The number of halogens is 1. The molecule has 0 unspecified atom stereocenters. The van der Waals surface area contributed by atoms with Gasteiger partial charge >= 0.3 is 0 Å². The second-order valence-electron chi connectivity index (χ2n) is 3.87. The second kappa shape index (κ2) is 5.97. The molecule has 96 valence electrons. The van der Waals surface area contributed by atoms with Crippen molar-refractivity contribution in [3.05, 3.63) is 63.2 Å². The van der Waals surface area contributed by atoms with Crippen molar-refractivity contribution in [1.82, 2.24) is 0 Å². The largest absolute Gasteiger partial charge is 0.496 e. The monoisotopic (exact) mass is 366 g/mol. The molecule has 0 radical (unpaired) electrons. The van der Waals surface area contributed by atoms with Crippen molar-refractivity contribution in [3.8, 4) is 5.75 Å². The fraction of sp³-hybridized carbons (Fsp3) is 0.0667. The summed E-state index contributed by atoms with van der Waals surface area (Å²) in [5.41, 5.74) is 0.671. The first-order chi connectivity index (χ1) is 9.13. The quantitative estimate of drug-likeness (QED) is 0.474. The third-order valence-electron chi connectivity index (χ3n) is 2.66. The Morgan fingerprint density at radius 3 is 2.21 bits per heavy atom. The molecule has 0 spiro atoms. The highest BCUT2D eigenvalue weighted by Gasteiger charge is 2.21. The molecule has 0 saturated carbocycles. The molecule has 0 heterocycles. The van der Waals surface area contributed by atoms with E-state index in [0.717, 1.165) is 3.57 Å². The van der Waals surface area contributed by atoms with Crippen LogP contribution in [0.25, 0.3) is 0 Å². The molecule has 0 fully saturated rings. The van der Waals surface area contributed by atoms with Gasteiger partial charge in [-0.25, -0.2) is 0 Å². The molecular formula is C15H11IO3. The lowest BCUT2D eigenvalue weighted by molar-refractivity contribution is 0.0815. The van der Waals surface area contributed by atoms with Crippen LogP contribution < -0.4 is 4.74 Å². The van der Waals surface area contributed by atoms with Crippen LogP contribution in [0, 0.1) is 3.57 Å². The van der Waals surface area contributed by atoms with Crippen LogP contribution in [0.5, 0.6) is 5.75 Å². The van der Waals surface area contributed by atoms with Crippen molar-refractivity contribution in [2.75, 3.05) is 7.11 Å². The predicted octanol–water partition coefficient (Wildman–Crippen LogP) is 3.37. The molecule has 0 amide bonds. The fourth-order valence-electron chi connectivity index (χ4n) is 1.69. The highest BCUT2D eigenvalue weighted by Crippen LogP contribution is 2.20. The van der Waals surface area contributed by atoms with Crippen LogP contribution in [0.3, 0.4) is 0 Å². The minimum absolute atomic E-state index is 0.286. The SMILES string of the molecule is COc1ccccc1C(=O)C(=O)c1ccc(I)cc1. The van der Waals surface area contributed by atoms with Crippen LogP contribution >= 0.6 is 22.6 Å². The van der Waals surface area contributed by atoms with E-state index in [2.05, 4.69) is 22.6 Å². The van der Waals surface area contributed by atoms with Crippen molar-refractivity contribution in [2.24, 2.45) is 0 Å². The molecule has 0 aliphatic rings. The van der Waals surface area contributed by atoms with Crippen molar-refractivity contribution in [2.45, 2.75) is 0 Å². The van der Waals surface area contributed by atoms with Crippen molar-refractivity contribution < 1.29 is 14.3 Å². The molecule has 0 aromatic heterocycles. The average Bonchev–Trinajstić information content (AvgIpc) is 2.46. The maximum absolute atomic E-state index is 12.2. The summed E-state index contributed by atoms with van der Waals surface area (Å²) in [6.07, 6.45) is 0. The van der Waals surface area contributed by atoms with Gasteiger partial charge in [0.2, 0.25) is 11.6 Å². The van der Waals surface area contributed by atoms with Gasteiger partial charge < -0.3 is 4.74 Å². The number of carbonyl (C=O) groups is 2. The lowest BCUT2D eigenvalue weighted by Gasteiger charge is -2.06. The number of para-hydroxylation sites is 1. The number of rotatable bonds is 4. The molecule has 3 nitrogen and oxygen atoms in total. The smallest absolute Gasteiger partial charge is 0.237 e. The van der Waals surface area contributed by atoms with Crippen LogP contribution in [0.15, 0.2) is 48.5 Å². The summed E-state index contributed by atoms with van der Waals surface area (Å²) in [7, 11) is 1.47. The van der Waals surface area contributed by atoms with Gasteiger partial charge in [-0.1, -0.05) is 12.1 Å². The minimum Gasteiger partial charge on any atom is -0.496 e. The van der Waals surface area contributed by atoms with E-state index in [4.69, 9.17) is 4.74 Å². The van der Waals surface area contributed by atoms with Crippen LogP contribution in [0.1, 0.15) is 20.7 Å². The Bertz CT molecular complexity index is 618. The molecule has 0 aliphatic carbocycles. The number of Topliss-reactive ketones (excluding diaryl/α,β-unsaturated/α-hetero) is 2. The lowest BCUT2D eigenvalue weighted by atomic mass is 10.0. The topological polar surface area (TPSA) is 43.4 Å². The summed E-state index contributed by atoms with van der Waals surface area (Å²) in [5.74, 6) is -0.675. The van der Waals surface area contributed by atoms with Gasteiger partial charge in [0.05, 0.1) is 12.7 Å². The van der Waals surface area contributed by atoms with Gasteiger partial charge in [0, 0.05) is 9.13 Å². The van der Waals surface area contributed by atoms with Crippen molar-refractivity contribution in [3.63, 3.8) is 0 Å². The Hall–Kier alpha value is -1.69. The summed E-state index contributed by atoms with van der Waals surface area (Å²) in [5, 5.41) is 0. The maximum Gasteiger partial charge on any atom is 0.237 e. The van der Waals surface area contributed by atoms with E-state index < -0.39 is 11.6 Å². The first kappa shape index (κ1) is 13.7. The zero-order valence-electron chi connectivity index (χ0n) is 10.2. The summed E-state index contributed by atoms with van der Waals surface area (Å²) < 4.78 is 6.11. The van der Waals surface area contributed by atoms with Gasteiger partial charge in [0.1, 0.15) is 5.75 Å². The molecular weight excluding hydrogens is 355 g/mol. The van der Waals surface area contributed by atoms with Crippen LogP contribution in [0.4, 0.5) is 0 Å². The standard InChI is InChI=1S/C15H11IO3/c1-19-13-5-3-2-4-12(13)15(18)14(17)10-6-8-11(16)9-7-10/h2-9H,1H3. The van der Waals surface area contributed by atoms with E-state index in [1.807, 2.05) is 0 Å². The molecule has 0 atom stereocenters. The zero-order valence-corrected chi connectivity index (χ0v) is 12.4. The third kappa shape index (κ3) is 3.01. The molecule has 0 bridgehead atoms. The summed E-state index contributed by atoms with van der Waals surface area (Å²) in [6, 6.07) is 13.6. The van der Waals surface area contributed by atoms with E-state index in [1.165, 1.54) is 7.11 Å². The van der Waals surface area contributed by atoms with E-state index >= 15 is 0 Å². The van der Waals surface area contributed by atoms with E-state index in [0.29, 0.717) is 11.3 Å². The normalized spacial score (nSPS) is 10.0. The molecule has 0 saturated heterocycles. The van der Waals surface area contributed by atoms with E-state index in [-0.39, 0.29) is 5.56 Å². The second-order valence-corrected chi connectivity index (χ2v) is 5.11. The van der Waals surface area contributed by atoms with E-state index in [9.17, 15) is 9.59 Å². The Kier molecular flexibility index (Phi) is 4.31. The Morgan fingerprint density at radius 1 is 0.947 bits per heavy atom. The molecule has 0 aliphatic heterocycles. The lowest BCUT2D eigenvalue weighted by Crippen LogP contribution is -2.15. The van der Waals surface area contributed by atoms with E-state index in [1.54, 1.807) is 48.5 Å². The van der Waals surface area contributed by atoms with Crippen LogP contribution in [-0.4, -0.2) is 18.7 Å². The number of ketones is 2. The Labute approximate surface area is 124 Å². The van der Waals surface area contributed by atoms with Crippen LogP contribution in [-0.2, 0) is 0 Å². The van der Waals surface area contributed by atoms with Crippen LogP contribution in [0.2, 0.25) is 0 Å². The summed E-state index contributed by atoms with van der Waals surface area (Å²) >= 11 is 2.14. The molecule has 0 N–H and O–H groups in total. The summed E-state index contributed by atoms with van der Waals surface area (Å²) in [4.78, 5) is 24.3. The van der Waals surface area contributed by atoms with Gasteiger partial charge in [0.25, 0.3) is 0 Å². The minimum atomic E-state index is -0.557. The third-order valence-corrected chi connectivity index (χ3v) is 3.38. The average molecular weight is 366 g/mol. The molecule has 2 rings (SSSR count). The fourth-order valence-corrected chi connectivity index (χ4v) is 2.05. The van der Waals surface area contributed by atoms with Gasteiger partial charge in [-0.15, -0.1) is 0 Å². The Morgan fingerprint density at radius 2 is 1.58 bits per heavy atom. The number of benzene rings is 2. The highest BCUT2D eigenvalue weighted by atomic mass is 127. The number of methoxy groups -OCH3 is 1. The molecule has 4 heteroatoms. The molecule has 2 aromatic rings. The number of carbonyl (C=O) groups excluding carboxylic acids is 2. The zero-order chi connectivity index (χ0) is 13.8. The number of ether oxygens (including phenoxy) is 1. The highest BCUT2D eigenvalue weighted by molar-refractivity contribution is 14.1. The predicted molar refractivity (Wildman–Crippen MR) is 80.8 cm³/mol. The van der Waals surface area contributed by atoms with Gasteiger partial charge in [-0.2, -0.15) is 0 Å². The van der Waals surface area contributed by atoms with Gasteiger partial charge in [-0.05, 0) is 59.0 Å². The van der Waals surface area contributed by atoms with Gasteiger partial charge in [0.15, 0.2) is 0 Å². The van der Waals surface area contributed by atoms with Gasteiger partial charge in [-0.3, -0.25) is 9.59 Å². The summed E-state index contributed by atoms with van der Waals surface area (Å²) in [6.45, 7) is 0. The molecule has 19 heavy (non-hydrogen) atoms. The van der Waals surface area contributed by atoms with Crippen molar-refractivity contribution >= 4 is 34.2 Å².